The number of fused-ring (bicyclic) bond motifs is 2. The van der Waals surface area contributed by atoms with E-state index in [1.807, 2.05) is 0 Å². The fourth-order valence-electron chi connectivity index (χ4n) is 3.87. The molecule has 3 rings (SSSR count). The lowest BCUT2D eigenvalue weighted by atomic mass is 9.80. The van der Waals surface area contributed by atoms with Crippen molar-refractivity contribution in [3.8, 4) is 0 Å². The van der Waals surface area contributed by atoms with E-state index in [1.165, 1.54) is 0 Å². The van der Waals surface area contributed by atoms with Crippen LogP contribution in [0.5, 0.6) is 0 Å². The highest BCUT2D eigenvalue weighted by Gasteiger charge is 2.59. The van der Waals surface area contributed by atoms with Crippen LogP contribution in [0, 0.1) is 0 Å². The van der Waals surface area contributed by atoms with Crippen LogP contribution in [0.3, 0.4) is 0 Å². The number of carbonyl (C=O) groups excluding carboxylic acids is 1. The van der Waals surface area contributed by atoms with Gasteiger partial charge in [0.05, 0.1) is 18.3 Å². The standard InChI is InChI=1S/C13H24O5Si.C7H12O6/c1-12(2,3)19(4,5)18-9-7-13(16)6-8(10(9)14)17-11(13)15;8-3-1-7(13,6(11)12)2-4(9)5(3)10/h8-10,14,16H,6-7H2,1-5H3;3-5,8-10,13H,1-2H2,(H,11,12)/t8-,9-,10+,13-;3-,4+,5?,7?/m1./s1. The van der Waals surface area contributed by atoms with Crippen molar-refractivity contribution in [3.63, 3.8) is 0 Å². The third kappa shape index (κ3) is 5.33. The van der Waals surface area contributed by atoms with E-state index in [4.69, 9.17) is 29.6 Å². The zero-order valence-corrected chi connectivity index (χ0v) is 20.1. The first kappa shape index (κ1) is 27.1. The molecule has 2 aliphatic carbocycles. The van der Waals surface area contributed by atoms with Crippen LogP contribution in [0.2, 0.25) is 18.1 Å². The summed E-state index contributed by atoms with van der Waals surface area (Å²) >= 11 is 0. The molecular weight excluding hydrogens is 444 g/mol. The Bertz CT molecular complexity index is 709. The molecule has 2 saturated carbocycles. The molecule has 1 saturated heterocycles. The van der Waals surface area contributed by atoms with Crippen molar-refractivity contribution < 1.29 is 54.5 Å². The van der Waals surface area contributed by atoms with Gasteiger partial charge >= 0.3 is 11.9 Å². The van der Waals surface area contributed by atoms with Crippen molar-refractivity contribution in [2.45, 2.75) is 112 Å². The van der Waals surface area contributed by atoms with Crippen molar-refractivity contribution in [1.29, 1.82) is 0 Å². The molecule has 1 aliphatic heterocycles. The summed E-state index contributed by atoms with van der Waals surface area (Å²) in [7, 11) is -2.06. The Hall–Kier alpha value is -1.12. The second-order valence-corrected chi connectivity index (χ2v) is 15.4. The minimum atomic E-state index is -2.14. The number of rotatable bonds is 3. The number of carboxylic acids is 1. The number of esters is 1. The largest absolute Gasteiger partial charge is 0.479 e. The molecule has 0 radical (unpaired) electrons. The summed E-state index contributed by atoms with van der Waals surface area (Å²) in [5.41, 5.74) is -3.62. The van der Waals surface area contributed by atoms with Gasteiger partial charge in [0.1, 0.15) is 18.3 Å². The van der Waals surface area contributed by atoms with Crippen LogP contribution in [-0.2, 0) is 18.8 Å². The monoisotopic (exact) mass is 480 g/mol. The highest BCUT2D eigenvalue weighted by atomic mass is 28.4. The molecule has 11 nitrogen and oxygen atoms in total. The number of hydrogen-bond donors (Lipinski definition) is 7. The normalized spacial score (nSPS) is 42.0. The van der Waals surface area contributed by atoms with Crippen LogP contribution in [0.4, 0.5) is 0 Å². The maximum Gasteiger partial charge on any atom is 0.338 e. The van der Waals surface area contributed by atoms with Crippen molar-refractivity contribution in [2.24, 2.45) is 0 Å². The summed E-state index contributed by atoms with van der Waals surface area (Å²) in [6.45, 7) is 10.5. The number of hydrogen-bond acceptors (Lipinski definition) is 10. The molecule has 7 N–H and O–H groups in total. The lowest BCUT2D eigenvalue weighted by molar-refractivity contribution is -0.187. The van der Waals surface area contributed by atoms with Gasteiger partial charge in [-0.3, -0.25) is 0 Å². The van der Waals surface area contributed by atoms with E-state index in [9.17, 15) is 24.9 Å². The minimum Gasteiger partial charge on any atom is -0.479 e. The Balaban J connectivity index is 0.000000244. The van der Waals surface area contributed by atoms with Gasteiger partial charge in [-0.05, 0) is 18.1 Å². The second-order valence-electron chi connectivity index (χ2n) is 10.7. The number of aliphatic carboxylic acids is 1. The van der Waals surface area contributed by atoms with Gasteiger partial charge in [-0.1, -0.05) is 20.8 Å². The van der Waals surface area contributed by atoms with E-state index >= 15 is 0 Å². The first-order chi connectivity index (χ1) is 14.3. The third-order valence-electron chi connectivity index (χ3n) is 7.01. The zero-order chi connectivity index (χ0) is 24.9. The summed E-state index contributed by atoms with van der Waals surface area (Å²) in [6, 6.07) is 0. The van der Waals surface area contributed by atoms with Crippen LogP contribution in [0.15, 0.2) is 0 Å². The van der Waals surface area contributed by atoms with Crippen LogP contribution < -0.4 is 0 Å². The maximum atomic E-state index is 11.6. The van der Waals surface area contributed by atoms with E-state index in [2.05, 4.69) is 33.9 Å². The molecule has 2 unspecified atom stereocenters. The lowest BCUT2D eigenvalue weighted by Gasteiger charge is -2.43. The number of aliphatic hydroxyl groups is 6. The van der Waals surface area contributed by atoms with Gasteiger partial charge in [0.15, 0.2) is 19.5 Å². The summed E-state index contributed by atoms with van der Waals surface area (Å²) in [4.78, 5) is 22.1. The third-order valence-corrected chi connectivity index (χ3v) is 11.5. The van der Waals surface area contributed by atoms with Crippen LogP contribution >= 0.6 is 0 Å². The predicted molar refractivity (Wildman–Crippen MR) is 112 cm³/mol. The summed E-state index contributed by atoms with van der Waals surface area (Å²) in [5, 5.41) is 65.7. The predicted octanol–water partition coefficient (Wildman–Crippen LogP) is -1.13. The molecule has 0 aromatic heterocycles. The fraction of sp³-hybridized carbons (Fsp3) is 0.900. The van der Waals surface area contributed by atoms with E-state index in [0.29, 0.717) is 0 Å². The van der Waals surface area contributed by atoms with Gasteiger partial charge < -0.3 is 44.9 Å². The van der Waals surface area contributed by atoms with E-state index in [0.717, 1.165) is 0 Å². The molecule has 186 valence electrons. The quantitative estimate of drug-likeness (QED) is 0.191. The Morgan fingerprint density at radius 2 is 1.50 bits per heavy atom. The summed E-state index contributed by atoms with van der Waals surface area (Å²) < 4.78 is 11.2. The lowest BCUT2D eigenvalue weighted by Crippen LogP contribution is -2.56. The first-order valence-electron chi connectivity index (χ1n) is 10.6. The van der Waals surface area contributed by atoms with Crippen molar-refractivity contribution in [2.75, 3.05) is 0 Å². The average molecular weight is 481 g/mol. The smallest absolute Gasteiger partial charge is 0.338 e. The van der Waals surface area contributed by atoms with Crippen molar-refractivity contribution in [1.82, 2.24) is 0 Å². The van der Waals surface area contributed by atoms with Gasteiger partial charge in [0.2, 0.25) is 0 Å². The minimum absolute atomic E-state index is 0.0106. The van der Waals surface area contributed by atoms with Gasteiger partial charge in [-0.2, -0.15) is 0 Å². The SMILES string of the molecule is CC(C)(C)[Si](C)(C)O[C@@H]1C[C@]2(O)C[C@@H](OC2=O)[C@@H]1O.O=C(O)C1(O)C[C@@H](O)C(O)[C@@H](O)C1. The Morgan fingerprint density at radius 3 is 1.94 bits per heavy atom. The average Bonchev–Trinajstić information content (AvgIpc) is 2.88. The molecule has 0 aromatic rings. The molecule has 0 amide bonds. The van der Waals surface area contributed by atoms with E-state index in [1.54, 1.807) is 0 Å². The highest BCUT2D eigenvalue weighted by molar-refractivity contribution is 6.74. The molecule has 12 heteroatoms. The molecule has 1 heterocycles. The maximum absolute atomic E-state index is 11.6. The van der Waals surface area contributed by atoms with Gasteiger partial charge in [0, 0.05) is 25.7 Å². The topological polar surface area (TPSA) is 194 Å². The van der Waals surface area contributed by atoms with Crippen LogP contribution in [-0.4, -0.2) is 104 Å². The highest BCUT2D eigenvalue weighted by Crippen LogP contribution is 2.43. The fourth-order valence-corrected chi connectivity index (χ4v) is 5.20. The molecule has 0 aromatic carbocycles. The van der Waals surface area contributed by atoms with Gasteiger partial charge in [-0.15, -0.1) is 0 Å². The Morgan fingerprint density at radius 1 is 1.00 bits per heavy atom. The molecule has 8 atom stereocenters. The number of aliphatic hydroxyl groups excluding tert-OH is 4. The van der Waals surface area contributed by atoms with E-state index < -0.39 is 80.9 Å². The number of carbonyl (C=O) groups is 2. The molecule has 3 fully saturated rings. The van der Waals surface area contributed by atoms with Crippen LogP contribution in [0.1, 0.15) is 46.5 Å². The van der Waals surface area contributed by atoms with Crippen molar-refractivity contribution in [3.05, 3.63) is 0 Å². The summed E-state index contributed by atoms with van der Waals surface area (Å²) in [6.07, 6.45) is -6.88. The molecule has 3 aliphatic rings. The molecule has 0 spiro atoms. The molecule has 2 bridgehead atoms. The Labute approximate surface area is 187 Å². The van der Waals surface area contributed by atoms with Gasteiger partial charge in [-0.25, -0.2) is 9.59 Å². The first-order valence-corrected chi connectivity index (χ1v) is 13.5. The number of carboxylic acid groups (broad SMARTS) is 1. The summed E-state index contributed by atoms with van der Waals surface area (Å²) in [5.74, 6) is -2.13. The molecular formula is C20H36O11Si. The van der Waals surface area contributed by atoms with E-state index in [-0.39, 0.29) is 17.9 Å². The van der Waals surface area contributed by atoms with Gasteiger partial charge in [0.25, 0.3) is 0 Å². The molecule has 32 heavy (non-hydrogen) atoms. The zero-order valence-electron chi connectivity index (χ0n) is 19.1. The second kappa shape index (κ2) is 8.91. The van der Waals surface area contributed by atoms with Crippen molar-refractivity contribution >= 4 is 20.3 Å². The number of ether oxygens (including phenoxy) is 1. The Kier molecular flexibility index (Phi) is 7.55. The van der Waals surface area contributed by atoms with Crippen LogP contribution in [0.25, 0.3) is 0 Å².